The molecule has 0 bridgehead atoms. The van der Waals surface area contributed by atoms with E-state index in [0.29, 0.717) is 0 Å². The summed E-state index contributed by atoms with van der Waals surface area (Å²) in [5, 5.41) is 0. The van der Waals surface area contributed by atoms with Gasteiger partial charge in [0.1, 0.15) is 0 Å². The SMILES string of the molecule is Cl.Cl.Cl.Cl.Cl.Cl.Cl.Cl.Cl.Cl.Cl.Cl.[NaH]. The molecule has 0 unspecified atom stereocenters. The van der Waals surface area contributed by atoms with Crippen LogP contribution in [-0.4, -0.2) is 29.6 Å². The Balaban J connectivity index is 0. The van der Waals surface area contributed by atoms with Crippen molar-refractivity contribution < 1.29 is 0 Å². The molecule has 0 radical (unpaired) electrons. The molecule has 0 rings (SSSR count). The van der Waals surface area contributed by atoms with E-state index in [2.05, 4.69) is 0 Å². The number of halogens is 12. The van der Waals surface area contributed by atoms with Crippen molar-refractivity contribution in [1.82, 2.24) is 0 Å². The first-order valence-electron chi connectivity index (χ1n) is 0. The van der Waals surface area contributed by atoms with Crippen LogP contribution >= 0.6 is 149 Å². The van der Waals surface area contributed by atoms with Gasteiger partial charge in [0.05, 0.1) is 0 Å². The van der Waals surface area contributed by atoms with Gasteiger partial charge in [-0.1, -0.05) is 0 Å². The summed E-state index contributed by atoms with van der Waals surface area (Å²) in [5.74, 6) is 0. The molecule has 0 nitrogen and oxygen atoms in total. The van der Waals surface area contributed by atoms with Crippen molar-refractivity contribution in [3.8, 4) is 0 Å². The molecule has 13 heteroatoms. The van der Waals surface area contributed by atoms with Crippen molar-refractivity contribution in [1.29, 1.82) is 0 Å². The summed E-state index contributed by atoms with van der Waals surface area (Å²) < 4.78 is 0. The molecule has 0 atom stereocenters. The van der Waals surface area contributed by atoms with Crippen LogP contribution in [0.2, 0.25) is 0 Å². The normalized spacial score (nSPS) is 0. The molecule has 0 saturated carbocycles. The minimum absolute atomic E-state index is 0. The van der Waals surface area contributed by atoms with Crippen LogP contribution in [0.25, 0.3) is 0 Å². The maximum absolute atomic E-state index is 0. The quantitative estimate of drug-likeness (QED) is 0.469. The second-order valence-corrected chi connectivity index (χ2v) is 0. The van der Waals surface area contributed by atoms with Crippen LogP contribution in [0.4, 0.5) is 0 Å². The first-order chi connectivity index (χ1) is 0. The van der Waals surface area contributed by atoms with Gasteiger partial charge in [-0.15, -0.1) is 149 Å². The van der Waals surface area contributed by atoms with Gasteiger partial charge in [0.25, 0.3) is 0 Å². The van der Waals surface area contributed by atoms with Crippen LogP contribution in [0.5, 0.6) is 0 Å². The molecule has 0 aromatic rings. The molecule has 0 amide bonds. The van der Waals surface area contributed by atoms with E-state index in [1.807, 2.05) is 0 Å². The van der Waals surface area contributed by atoms with E-state index >= 15 is 0 Å². The Bertz CT molecular complexity index is 5.09. The average molecular weight is 462 g/mol. The molecule has 0 aliphatic heterocycles. The summed E-state index contributed by atoms with van der Waals surface area (Å²) in [6.45, 7) is 0. The van der Waals surface area contributed by atoms with Gasteiger partial charge in [-0.3, -0.25) is 0 Å². The molecule has 98 valence electrons. The molecule has 0 aromatic heterocycles. The Morgan fingerprint density at radius 3 is 0.154 bits per heavy atom. The van der Waals surface area contributed by atoms with Crippen LogP contribution in [0.15, 0.2) is 0 Å². The molecule has 0 spiro atoms. The second-order valence-electron chi connectivity index (χ2n) is 0. The summed E-state index contributed by atoms with van der Waals surface area (Å²) in [6.07, 6.45) is 0. The van der Waals surface area contributed by atoms with E-state index < -0.39 is 0 Å². The molecule has 0 aromatic carbocycles. The predicted molar refractivity (Wildman–Crippen MR) is 94.1 cm³/mol. The van der Waals surface area contributed by atoms with Gasteiger partial charge in [0, 0.05) is 0 Å². The van der Waals surface area contributed by atoms with Gasteiger partial charge in [-0.05, 0) is 0 Å². The van der Waals surface area contributed by atoms with E-state index in [1.54, 1.807) is 0 Å². The zero-order valence-electron chi connectivity index (χ0n) is 4.90. The fourth-order valence-electron chi connectivity index (χ4n) is 0. The summed E-state index contributed by atoms with van der Waals surface area (Å²) in [7, 11) is 0. The molecule has 0 heterocycles. The van der Waals surface area contributed by atoms with Gasteiger partial charge in [0.15, 0.2) is 0 Å². The Hall–Kier alpha value is 4.48. The average Bonchev–Trinajstić information content (AvgIpc) is 0. The third kappa shape index (κ3) is 172. The Morgan fingerprint density at radius 2 is 0.154 bits per heavy atom. The van der Waals surface area contributed by atoms with Crippen molar-refractivity contribution >= 4 is 178 Å². The van der Waals surface area contributed by atoms with Gasteiger partial charge >= 0.3 is 29.6 Å². The third-order valence-corrected chi connectivity index (χ3v) is 0. The monoisotopic (exact) mass is 456 g/mol. The van der Waals surface area contributed by atoms with Crippen molar-refractivity contribution in [3.05, 3.63) is 0 Å². The van der Waals surface area contributed by atoms with Gasteiger partial charge in [-0.25, -0.2) is 0 Å². The van der Waals surface area contributed by atoms with Crippen LogP contribution in [0.1, 0.15) is 0 Å². The summed E-state index contributed by atoms with van der Waals surface area (Å²) >= 11 is 0. The number of rotatable bonds is 0. The van der Waals surface area contributed by atoms with Crippen LogP contribution in [0, 0.1) is 0 Å². The number of hydrogen-bond donors (Lipinski definition) is 0. The van der Waals surface area contributed by atoms with Gasteiger partial charge in [0.2, 0.25) is 0 Å². The fraction of sp³-hybridized carbons (Fsp3) is 0. The van der Waals surface area contributed by atoms with Crippen molar-refractivity contribution in [2.45, 2.75) is 0 Å². The van der Waals surface area contributed by atoms with E-state index in [0.717, 1.165) is 0 Å². The van der Waals surface area contributed by atoms with Crippen molar-refractivity contribution in [3.63, 3.8) is 0 Å². The zero-order valence-corrected chi connectivity index (χ0v) is 14.7. The molecule has 0 saturated heterocycles. The van der Waals surface area contributed by atoms with Crippen LogP contribution in [0.3, 0.4) is 0 Å². The molecule has 0 aliphatic carbocycles. The van der Waals surface area contributed by atoms with E-state index in [9.17, 15) is 0 Å². The Kier molecular flexibility index (Phi) is 3580. The summed E-state index contributed by atoms with van der Waals surface area (Å²) in [4.78, 5) is 0. The molecule has 13 heavy (non-hydrogen) atoms. The van der Waals surface area contributed by atoms with E-state index in [4.69, 9.17) is 0 Å². The third-order valence-electron chi connectivity index (χ3n) is 0. The zero-order chi connectivity index (χ0) is 0. The summed E-state index contributed by atoms with van der Waals surface area (Å²) in [5.41, 5.74) is 0. The maximum atomic E-state index is 0. The molecule has 0 N–H and O–H groups in total. The molecular formula is H13Cl12Na. The first kappa shape index (κ1) is 237. The second kappa shape index (κ2) is 197. The van der Waals surface area contributed by atoms with Crippen LogP contribution in [-0.2, 0) is 0 Å². The topological polar surface area (TPSA) is 0 Å². The van der Waals surface area contributed by atoms with Crippen LogP contribution < -0.4 is 0 Å². The Morgan fingerprint density at radius 1 is 0.154 bits per heavy atom. The fourth-order valence-corrected chi connectivity index (χ4v) is 0. The van der Waals surface area contributed by atoms with Crippen molar-refractivity contribution in [2.24, 2.45) is 0 Å². The predicted octanol–water partition coefficient (Wildman–Crippen LogP) is 4.41. The van der Waals surface area contributed by atoms with E-state index in [1.165, 1.54) is 0 Å². The van der Waals surface area contributed by atoms with Crippen molar-refractivity contribution in [2.75, 3.05) is 0 Å². The minimum atomic E-state index is 0. The standard InChI is InChI=1S/12ClH.Na.H/h12*1H;;. The summed E-state index contributed by atoms with van der Waals surface area (Å²) in [6, 6.07) is 0. The molecular weight excluding hydrogens is 448 g/mol. The Labute approximate surface area is 176 Å². The molecule has 0 fully saturated rings. The molecule has 0 aliphatic rings. The van der Waals surface area contributed by atoms with Gasteiger partial charge in [-0.2, -0.15) is 0 Å². The number of hydrogen-bond acceptors (Lipinski definition) is 0. The van der Waals surface area contributed by atoms with Gasteiger partial charge < -0.3 is 0 Å². The first-order valence-corrected chi connectivity index (χ1v) is 0. The van der Waals surface area contributed by atoms with E-state index in [-0.39, 0.29) is 178 Å².